The van der Waals surface area contributed by atoms with Crippen molar-refractivity contribution in [2.75, 3.05) is 27.2 Å². The van der Waals surface area contributed by atoms with Crippen LogP contribution in [0.4, 0.5) is 4.39 Å². The SMILES string of the molecule is CC.CCCc1cc(CCNC=O)nc(-c2ccc(F)cc2)c1C.CCOc1ccc2[nH]c(C)cc2c1.CNC. The molecule has 0 aliphatic heterocycles. The van der Waals surface area contributed by atoms with Crippen molar-refractivity contribution in [3.8, 4) is 17.0 Å². The van der Waals surface area contributed by atoms with Gasteiger partial charge in [-0.2, -0.15) is 0 Å². The summed E-state index contributed by atoms with van der Waals surface area (Å²) >= 11 is 0. The van der Waals surface area contributed by atoms with Crippen LogP contribution in [-0.4, -0.2) is 43.6 Å². The fourth-order valence-electron chi connectivity index (χ4n) is 4.04. The Morgan fingerprint density at radius 3 is 2.25 bits per heavy atom. The Morgan fingerprint density at radius 2 is 1.65 bits per heavy atom. The molecular weight excluding hydrogens is 503 g/mol. The molecule has 0 fully saturated rings. The third-order valence-electron chi connectivity index (χ3n) is 5.72. The second-order valence-electron chi connectivity index (χ2n) is 8.96. The molecular formula is C33H47FN4O2. The summed E-state index contributed by atoms with van der Waals surface area (Å²) in [7, 11) is 3.75. The fourth-order valence-corrected chi connectivity index (χ4v) is 4.04. The first-order valence-corrected chi connectivity index (χ1v) is 14.1. The summed E-state index contributed by atoms with van der Waals surface area (Å²) in [5.41, 5.74) is 7.51. The highest BCUT2D eigenvalue weighted by Crippen LogP contribution is 2.26. The maximum Gasteiger partial charge on any atom is 0.207 e. The van der Waals surface area contributed by atoms with Gasteiger partial charge in [0.15, 0.2) is 0 Å². The third kappa shape index (κ3) is 11.2. The molecule has 2 aromatic heterocycles. The molecule has 6 nitrogen and oxygen atoms in total. The van der Waals surface area contributed by atoms with Crippen LogP contribution in [0.1, 0.15) is 56.6 Å². The van der Waals surface area contributed by atoms with E-state index >= 15 is 0 Å². The zero-order valence-corrected chi connectivity index (χ0v) is 25.5. The van der Waals surface area contributed by atoms with E-state index in [0.717, 1.165) is 47.7 Å². The van der Waals surface area contributed by atoms with Crippen molar-refractivity contribution < 1.29 is 13.9 Å². The van der Waals surface area contributed by atoms with Crippen molar-refractivity contribution in [1.29, 1.82) is 0 Å². The van der Waals surface area contributed by atoms with Crippen LogP contribution >= 0.6 is 0 Å². The molecule has 0 atom stereocenters. The van der Waals surface area contributed by atoms with E-state index in [4.69, 9.17) is 9.72 Å². The Kier molecular flexibility index (Phi) is 16.6. The predicted octanol–water partition coefficient (Wildman–Crippen LogP) is 7.17. The van der Waals surface area contributed by atoms with E-state index in [-0.39, 0.29) is 5.82 Å². The molecule has 40 heavy (non-hydrogen) atoms. The smallest absolute Gasteiger partial charge is 0.207 e. The Balaban J connectivity index is 0.000000375. The summed E-state index contributed by atoms with van der Waals surface area (Å²) in [6.07, 6.45) is 3.42. The number of aromatic nitrogens is 2. The van der Waals surface area contributed by atoms with Crippen molar-refractivity contribution in [2.24, 2.45) is 0 Å². The number of benzene rings is 2. The van der Waals surface area contributed by atoms with Gasteiger partial charge in [0.25, 0.3) is 0 Å². The first-order valence-electron chi connectivity index (χ1n) is 14.1. The highest BCUT2D eigenvalue weighted by atomic mass is 19.1. The molecule has 4 rings (SSSR count). The molecule has 2 aromatic carbocycles. The van der Waals surface area contributed by atoms with Gasteiger partial charge in [0.2, 0.25) is 6.41 Å². The van der Waals surface area contributed by atoms with E-state index < -0.39 is 0 Å². The molecule has 0 bridgehead atoms. The lowest BCUT2D eigenvalue weighted by Crippen LogP contribution is -2.15. The first kappa shape index (κ1) is 34.3. The van der Waals surface area contributed by atoms with Crippen LogP contribution in [0.15, 0.2) is 54.6 Å². The van der Waals surface area contributed by atoms with Crippen LogP contribution in [0, 0.1) is 19.7 Å². The number of carbonyl (C=O) groups is 1. The molecule has 7 heteroatoms. The highest BCUT2D eigenvalue weighted by molar-refractivity contribution is 5.81. The summed E-state index contributed by atoms with van der Waals surface area (Å²) in [5.74, 6) is 0.690. The number of hydrogen-bond acceptors (Lipinski definition) is 4. The van der Waals surface area contributed by atoms with Crippen LogP contribution < -0.4 is 15.4 Å². The maximum atomic E-state index is 13.1. The summed E-state index contributed by atoms with van der Waals surface area (Å²) in [6, 6.07) is 16.8. The van der Waals surface area contributed by atoms with E-state index in [2.05, 4.69) is 54.6 Å². The van der Waals surface area contributed by atoms with Crippen LogP contribution in [0.25, 0.3) is 22.2 Å². The number of pyridine rings is 1. The van der Waals surface area contributed by atoms with Gasteiger partial charge in [-0.15, -0.1) is 0 Å². The first-order chi connectivity index (χ1) is 19.4. The lowest BCUT2D eigenvalue weighted by Gasteiger charge is -2.13. The summed E-state index contributed by atoms with van der Waals surface area (Å²) in [4.78, 5) is 18.4. The van der Waals surface area contributed by atoms with Gasteiger partial charge >= 0.3 is 0 Å². The number of nitrogens with one attached hydrogen (secondary N) is 3. The molecule has 1 amide bonds. The molecule has 0 spiro atoms. The predicted molar refractivity (Wildman–Crippen MR) is 167 cm³/mol. The van der Waals surface area contributed by atoms with Crippen LogP contribution in [0.3, 0.4) is 0 Å². The quantitative estimate of drug-likeness (QED) is 0.152. The van der Waals surface area contributed by atoms with Crippen molar-refractivity contribution in [2.45, 2.75) is 60.8 Å². The number of hydrogen-bond donors (Lipinski definition) is 3. The normalized spacial score (nSPS) is 9.82. The molecule has 0 saturated carbocycles. The topological polar surface area (TPSA) is 79.0 Å². The van der Waals surface area contributed by atoms with Gasteiger partial charge in [-0.3, -0.25) is 9.78 Å². The number of H-pyrrole nitrogens is 1. The van der Waals surface area contributed by atoms with Crippen molar-refractivity contribution in [3.05, 3.63) is 82.9 Å². The standard InChI is InChI=1S/C18H21FN2O.C11H13NO.C2H7N.C2H6/c1-3-4-15-11-17(9-10-20-12-22)21-18(13(15)2)14-5-7-16(19)8-6-14;1-3-13-10-4-5-11-9(7-10)6-8(2)12-11;1-3-2;1-2/h5-8,11-12H,3-4,9-10H2,1-2H3,(H,20,22);4-7,12H,3H2,1-2H3;3H,1-2H3;1-2H3. The zero-order chi connectivity index (χ0) is 29.9. The molecule has 2 heterocycles. The molecule has 0 unspecified atom stereocenters. The Labute approximate surface area is 239 Å². The number of carbonyl (C=O) groups excluding carboxylic acids is 1. The Hall–Kier alpha value is -3.71. The van der Waals surface area contributed by atoms with E-state index in [1.165, 1.54) is 34.3 Å². The van der Waals surface area contributed by atoms with Crippen LogP contribution in [-0.2, 0) is 17.6 Å². The monoisotopic (exact) mass is 550 g/mol. The molecule has 0 aliphatic carbocycles. The minimum absolute atomic E-state index is 0.249. The highest BCUT2D eigenvalue weighted by Gasteiger charge is 2.11. The molecule has 0 aliphatic rings. The van der Waals surface area contributed by atoms with Crippen LogP contribution in [0.2, 0.25) is 0 Å². The summed E-state index contributed by atoms with van der Waals surface area (Å²) in [6.45, 7) is 13.5. The van der Waals surface area contributed by atoms with Crippen LogP contribution in [0.5, 0.6) is 5.75 Å². The van der Waals surface area contributed by atoms with E-state index in [1.54, 1.807) is 12.1 Å². The van der Waals surface area contributed by atoms with Crippen molar-refractivity contribution in [3.63, 3.8) is 0 Å². The van der Waals surface area contributed by atoms with Gasteiger partial charge in [0, 0.05) is 40.8 Å². The number of aryl methyl sites for hydroxylation is 2. The fraction of sp³-hybridized carbons (Fsp3) is 0.394. The largest absolute Gasteiger partial charge is 0.494 e. The molecule has 4 aromatic rings. The number of amides is 1. The summed E-state index contributed by atoms with van der Waals surface area (Å²) in [5, 5.41) is 6.62. The minimum atomic E-state index is -0.249. The van der Waals surface area contributed by atoms with Crippen molar-refractivity contribution >= 4 is 17.3 Å². The molecule has 0 radical (unpaired) electrons. The minimum Gasteiger partial charge on any atom is -0.494 e. The number of halogens is 1. The summed E-state index contributed by atoms with van der Waals surface area (Å²) < 4.78 is 18.5. The van der Waals surface area contributed by atoms with E-state index in [1.807, 2.05) is 47.0 Å². The third-order valence-corrected chi connectivity index (χ3v) is 5.72. The average molecular weight is 551 g/mol. The van der Waals surface area contributed by atoms with Gasteiger partial charge in [0.05, 0.1) is 12.3 Å². The van der Waals surface area contributed by atoms with E-state index in [9.17, 15) is 9.18 Å². The molecule has 0 saturated heterocycles. The van der Waals surface area contributed by atoms with Gasteiger partial charge in [0.1, 0.15) is 11.6 Å². The zero-order valence-electron chi connectivity index (χ0n) is 25.5. The number of rotatable bonds is 9. The number of ether oxygens (including phenoxy) is 1. The molecule has 218 valence electrons. The van der Waals surface area contributed by atoms with Gasteiger partial charge in [-0.25, -0.2) is 4.39 Å². The maximum absolute atomic E-state index is 13.1. The van der Waals surface area contributed by atoms with E-state index in [0.29, 0.717) is 19.4 Å². The van der Waals surface area contributed by atoms with Crippen molar-refractivity contribution in [1.82, 2.24) is 20.6 Å². The second-order valence-corrected chi connectivity index (χ2v) is 8.96. The number of nitrogens with zero attached hydrogens (tertiary/aromatic N) is 1. The number of fused-ring (bicyclic) bond motifs is 1. The van der Waals surface area contributed by atoms with Gasteiger partial charge in [-0.1, -0.05) is 27.2 Å². The van der Waals surface area contributed by atoms with Gasteiger partial charge < -0.3 is 20.4 Å². The Morgan fingerprint density at radius 1 is 0.975 bits per heavy atom. The lowest BCUT2D eigenvalue weighted by atomic mass is 9.97. The lowest BCUT2D eigenvalue weighted by molar-refractivity contribution is -0.109. The molecule has 3 N–H and O–H groups in total. The second kappa shape index (κ2) is 19.4. The number of aromatic amines is 1. The van der Waals surface area contributed by atoms with Gasteiger partial charge in [-0.05, 0) is 107 Å². The Bertz CT molecular complexity index is 1270. The average Bonchev–Trinajstić information content (AvgIpc) is 3.32.